The molecule has 0 saturated heterocycles. The van der Waals surface area contributed by atoms with Gasteiger partial charge in [0.1, 0.15) is 17.6 Å². The van der Waals surface area contributed by atoms with Crippen molar-refractivity contribution >= 4 is 11.8 Å². The van der Waals surface area contributed by atoms with Crippen molar-refractivity contribution in [3.05, 3.63) is 65.5 Å². The van der Waals surface area contributed by atoms with Gasteiger partial charge < -0.3 is 15.0 Å². The number of halogens is 1. The van der Waals surface area contributed by atoms with Crippen molar-refractivity contribution in [2.45, 2.75) is 64.6 Å². The molecule has 166 valence electrons. The molecule has 0 aromatic heterocycles. The third-order valence-electron chi connectivity index (χ3n) is 5.77. The smallest absolute Gasteiger partial charge is 0.261 e. The Labute approximate surface area is 183 Å². The number of nitrogens with zero attached hydrogens (tertiary/aromatic N) is 1. The van der Waals surface area contributed by atoms with Crippen LogP contribution in [-0.4, -0.2) is 35.4 Å². The minimum absolute atomic E-state index is 0.144. The molecule has 2 aromatic carbocycles. The van der Waals surface area contributed by atoms with Gasteiger partial charge in [0.15, 0.2) is 6.61 Å². The Morgan fingerprint density at radius 1 is 1.06 bits per heavy atom. The summed E-state index contributed by atoms with van der Waals surface area (Å²) < 4.78 is 18.6. The fraction of sp³-hybridized carbons (Fsp3) is 0.440. The molecule has 31 heavy (non-hydrogen) atoms. The first kappa shape index (κ1) is 22.8. The zero-order chi connectivity index (χ0) is 22.2. The SMILES string of the molecule is Cc1ccc(CN(C(=O)COc2ccc(F)cc2)C(C)C(=O)NC2CCCCC2)cc1. The van der Waals surface area contributed by atoms with Crippen molar-refractivity contribution < 1.29 is 18.7 Å². The van der Waals surface area contributed by atoms with E-state index in [1.165, 1.54) is 30.7 Å². The number of nitrogens with one attached hydrogen (secondary N) is 1. The number of ether oxygens (including phenoxy) is 1. The number of hydrogen-bond donors (Lipinski definition) is 1. The maximum Gasteiger partial charge on any atom is 0.261 e. The molecule has 1 atom stereocenters. The lowest BCUT2D eigenvalue weighted by Gasteiger charge is -2.31. The highest BCUT2D eigenvalue weighted by Crippen LogP contribution is 2.19. The predicted octanol–water partition coefficient (Wildman–Crippen LogP) is 4.38. The van der Waals surface area contributed by atoms with Crippen molar-refractivity contribution in [3.63, 3.8) is 0 Å². The van der Waals surface area contributed by atoms with Crippen molar-refractivity contribution in [1.29, 1.82) is 0 Å². The molecular formula is C25H31FN2O3. The molecule has 0 radical (unpaired) electrons. The molecule has 6 heteroatoms. The molecule has 1 unspecified atom stereocenters. The number of hydrogen-bond acceptors (Lipinski definition) is 3. The average molecular weight is 427 g/mol. The highest BCUT2D eigenvalue weighted by molar-refractivity contribution is 5.88. The predicted molar refractivity (Wildman–Crippen MR) is 118 cm³/mol. The largest absolute Gasteiger partial charge is 0.484 e. The summed E-state index contributed by atoms with van der Waals surface area (Å²) in [7, 11) is 0. The monoisotopic (exact) mass is 426 g/mol. The molecule has 1 saturated carbocycles. The number of amides is 2. The third kappa shape index (κ3) is 6.81. The molecule has 2 amide bonds. The Morgan fingerprint density at radius 3 is 2.35 bits per heavy atom. The maximum absolute atomic E-state index is 13.1. The summed E-state index contributed by atoms with van der Waals surface area (Å²) >= 11 is 0. The minimum Gasteiger partial charge on any atom is -0.484 e. The molecule has 0 heterocycles. The van der Waals surface area contributed by atoms with Crippen LogP contribution in [0.5, 0.6) is 5.75 Å². The van der Waals surface area contributed by atoms with Crippen LogP contribution in [0.2, 0.25) is 0 Å². The summed E-state index contributed by atoms with van der Waals surface area (Å²) in [6.07, 6.45) is 5.42. The van der Waals surface area contributed by atoms with E-state index >= 15 is 0 Å². The van der Waals surface area contributed by atoms with Gasteiger partial charge in [-0.25, -0.2) is 4.39 Å². The molecular weight excluding hydrogens is 395 g/mol. The lowest BCUT2D eigenvalue weighted by atomic mass is 9.95. The number of aryl methyl sites for hydroxylation is 1. The van der Waals surface area contributed by atoms with Crippen LogP contribution in [0.1, 0.15) is 50.2 Å². The van der Waals surface area contributed by atoms with Gasteiger partial charge in [-0.2, -0.15) is 0 Å². The molecule has 5 nitrogen and oxygen atoms in total. The van der Waals surface area contributed by atoms with Crippen LogP contribution < -0.4 is 10.1 Å². The van der Waals surface area contributed by atoms with Crippen LogP contribution in [0, 0.1) is 12.7 Å². The second-order valence-corrected chi connectivity index (χ2v) is 8.27. The highest BCUT2D eigenvalue weighted by atomic mass is 19.1. The molecule has 0 aliphatic heterocycles. The molecule has 1 aliphatic rings. The van der Waals surface area contributed by atoms with Gasteiger partial charge in [0.2, 0.25) is 5.91 Å². The van der Waals surface area contributed by atoms with E-state index in [4.69, 9.17) is 4.74 Å². The van der Waals surface area contributed by atoms with Crippen LogP contribution in [-0.2, 0) is 16.1 Å². The Kier molecular flexibility index (Phi) is 8.04. The molecule has 0 bridgehead atoms. The molecule has 1 fully saturated rings. The van der Waals surface area contributed by atoms with E-state index in [1.807, 2.05) is 31.2 Å². The zero-order valence-electron chi connectivity index (χ0n) is 18.3. The highest BCUT2D eigenvalue weighted by Gasteiger charge is 2.28. The fourth-order valence-electron chi connectivity index (χ4n) is 3.80. The summed E-state index contributed by atoms with van der Waals surface area (Å²) in [5.74, 6) is -0.401. The first-order chi connectivity index (χ1) is 14.9. The van der Waals surface area contributed by atoms with Gasteiger partial charge in [-0.05, 0) is 56.5 Å². The number of rotatable bonds is 8. The van der Waals surface area contributed by atoms with Crippen molar-refractivity contribution in [2.75, 3.05) is 6.61 Å². The number of carbonyl (C=O) groups excluding carboxylic acids is 2. The third-order valence-corrected chi connectivity index (χ3v) is 5.77. The molecule has 2 aromatic rings. The van der Waals surface area contributed by atoms with E-state index in [2.05, 4.69) is 5.32 Å². The van der Waals surface area contributed by atoms with Crippen molar-refractivity contribution in [3.8, 4) is 5.75 Å². The summed E-state index contributed by atoms with van der Waals surface area (Å²) in [5.41, 5.74) is 2.07. The second-order valence-electron chi connectivity index (χ2n) is 8.27. The van der Waals surface area contributed by atoms with Gasteiger partial charge in [0.05, 0.1) is 0 Å². The molecule has 3 rings (SSSR count). The van der Waals surface area contributed by atoms with E-state index in [1.54, 1.807) is 11.8 Å². The van der Waals surface area contributed by atoms with Gasteiger partial charge >= 0.3 is 0 Å². The van der Waals surface area contributed by atoms with E-state index in [0.29, 0.717) is 12.3 Å². The topological polar surface area (TPSA) is 58.6 Å². The van der Waals surface area contributed by atoms with Gasteiger partial charge in [0.25, 0.3) is 5.91 Å². The van der Waals surface area contributed by atoms with Gasteiger partial charge in [-0.15, -0.1) is 0 Å². The van der Waals surface area contributed by atoms with Crippen LogP contribution in [0.4, 0.5) is 4.39 Å². The van der Waals surface area contributed by atoms with Gasteiger partial charge in [-0.1, -0.05) is 49.1 Å². The first-order valence-electron chi connectivity index (χ1n) is 11.0. The van der Waals surface area contributed by atoms with Gasteiger partial charge in [-0.3, -0.25) is 9.59 Å². The summed E-state index contributed by atoms with van der Waals surface area (Å²) in [4.78, 5) is 27.5. The minimum atomic E-state index is -0.632. The van der Waals surface area contributed by atoms with E-state index in [-0.39, 0.29) is 30.3 Å². The number of benzene rings is 2. The van der Waals surface area contributed by atoms with Crippen molar-refractivity contribution in [1.82, 2.24) is 10.2 Å². The Bertz CT molecular complexity index is 861. The van der Waals surface area contributed by atoms with Gasteiger partial charge in [0, 0.05) is 12.6 Å². The zero-order valence-corrected chi connectivity index (χ0v) is 18.3. The Balaban J connectivity index is 1.69. The maximum atomic E-state index is 13.1. The first-order valence-corrected chi connectivity index (χ1v) is 11.0. The fourth-order valence-corrected chi connectivity index (χ4v) is 3.80. The Morgan fingerprint density at radius 2 is 1.71 bits per heavy atom. The summed E-state index contributed by atoms with van der Waals surface area (Å²) in [5, 5.41) is 3.11. The normalized spacial score (nSPS) is 15.2. The standard InChI is InChI=1S/C25H31FN2O3/c1-18-8-10-20(11-9-18)16-28(19(2)25(30)27-22-6-4-3-5-7-22)24(29)17-31-23-14-12-21(26)13-15-23/h8-15,19,22H,3-7,16-17H2,1-2H3,(H,27,30). The van der Waals surface area contributed by atoms with Crippen LogP contribution in [0.3, 0.4) is 0 Å². The molecule has 0 spiro atoms. The summed E-state index contributed by atoms with van der Waals surface area (Å²) in [6.45, 7) is 3.84. The van der Waals surface area contributed by atoms with Crippen molar-refractivity contribution in [2.24, 2.45) is 0 Å². The van der Waals surface area contributed by atoms with Crippen LogP contribution in [0.25, 0.3) is 0 Å². The Hall–Kier alpha value is -2.89. The van der Waals surface area contributed by atoms with Crippen LogP contribution in [0.15, 0.2) is 48.5 Å². The van der Waals surface area contributed by atoms with E-state index in [0.717, 1.165) is 36.8 Å². The molecule has 1 aliphatic carbocycles. The van der Waals surface area contributed by atoms with E-state index in [9.17, 15) is 14.0 Å². The van der Waals surface area contributed by atoms with E-state index < -0.39 is 6.04 Å². The summed E-state index contributed by atoms with van der Waals surface area (Å²) in [6, 6.07) is 13.0. The lowest BCUT2D eigenvalue weighted by Crippen LogP contribution is -2.51. The number of carbonyl (C=O) groups is 2. The average Bonchev–Trinajstić information content (AvgIpc) is 2.78. The van der Waals surface area contributed by atoms with Crippen LogP contribution >= 0.6 is 0 Å². The molecule has 1 N–H and O–H groups in total. The second kappa shape index (κ2) is 10.9. The lowest BCUT2D eigenvalue weighted by molar-refractivity contribution is -0.142. The quantitative estimate of drug-likeness (QED) is 0.682.